The summed E-state index contributed by atoms with van der Waals surface area (Å²) in [5.41, 5.74) is 0.552. The number of hydrogen-bond donors (Lipinski definition) is 2. The predicted octanol–water partition coefficient (Wildman–Crippen LogP) is 2.90. The quantitative estimate of drug-likeness (QED) is 0.836. The Bertz CT molecular complexity index is 344. The van der Waals surface area contributed by atoms with Crippen molar-refractivity contribution in [2.75, 3.05) is 6.54 Å². The molecule has 16 heavy (non-hydrogen) atoms. The molecule has 2 N–H and O–H groups in total. The topological polar surface area (TPSA) is 32.3 Å². The van der Waals surface area contributed by atoms with E-state index in [0.29, 0.717) is 12.1 Å². The van der Waals surface area contributed by atoms with Crippen LogP contribution >= 0.6 is 11.6 Å². The molecule has 0 saturated heterocycles. The summed E-state index contributed by atoms with van der Waals surface area (Å²) in [6, 6.07) is 4.85. The summed E-state index contributed by atoms with van der Waals surface area (Å²) in [7, 11) is 0. The van der Waals surface area contributed by atoms with Gasteiger partial charge in [-0.1, -0.05) is 30.7 Å². The highest BCUT2D eigenvalue weighted by molar-refractivity contribution is 6.30. The van der Waals surface area contributed by atoms with E-state index in [1.807, 2.05) is 6.92 Å². The van der Waals surface area contributed by atoms with Crippen molar-refractivity contribution in [2.24, 2.45) is 0 Å². The maximum absolute atomic E-state index is 13.7. The van der Waals surface area contributed by atoms with Crippen LogP contribution in [0.1, 0.15) is 31.9 Å². The van der Waals surface area contributed by atoms with Crippen molar-refractivity contribution < 1.29 is 9.50 Å². The molecule has 90 valence electrons. The summed E-state index contributed by atoms with van der Waals surface area (Å²) in [5, 5.41) is 12.4. The van der Waals surface area contributed by atoms with E-state index in [9.17, 15) is 9.50 Å². The molecular formula is C12H17ClFNO. The Morgan fingerprint density at radius 1 is 1.50 bits per heavy atom. The van der Waals surface area contributed by atoms with Crippen molar-refractivity contribution in [3.05, 3.63) is 34.6 Å². The third-order valence-corrected chi connectivity index (χ3v) is 2.72. The molecule has 0 aliphatic rings. The number of nitrogens with one attached hydrogen (secondary N) is 1. The molecule has 2 nitrogen and oxygen atoms in total. The van der Waals surface area contributed by atoms with Gasteiger partial charge in [0.05, 0.1) is 11.1 Å². The van der Waals surface area contributed by atoms with Gasteiger partial charge in [0, 0.05) is 18.2 Å². The Hall–Kier alpha value is -0.640. The fourth-order valence-electron chi connectivity index (χ4n) is 1.58. The molecule has 0 bridgehead atoms. The van der Waals surface area contributed by atoms with Crippen LogP contribution in [0.5, 0.6) is 0 Å². The van der Waals surface area contributed by atoms with Crippen LogP contribution in [0, 0.1) is 5.82 Å². The molecule has 0 radical (unpaired) electrons. The molecular weight excluding hydrogens is 229 g/mol. The highest BCUT2D eigenvalue weighted by Gasteiger charge is 2.15. The largest absolute Gasteiger partial charge is 0.392 e. The molecule has 1 rings (SSSR count). The molecule has 0 unspecified atom stereocenters. The van der Waals surface area contributed by atoms with Crippen LogP contribution in [-0.4, -0.2) is 17.8 Å². The summed E-state index contributed by atoms with van der Waals surface area (Å²) < 4.78 is 13.7. The van der Waals surface area contributed by atoms with Gasteiger partial charge >= 0.3 is 0 Å². The SMILES string of the molecule is CC[C@H](NC[C@@H](C)O)c1cccc(Cl)c1F. The lowest BCUT2D eigenvalue weighted by Crippen LogP contribution is -2.29. The van der Waals surface area contributed by atoms with Crippen molar-refractivity contribution in [2.45, 2.75) is 32.4 Å². The zero-order valence-corrected chi connectivity index (χ0v) is 10.3. The minimum atomic E-state index is -0.448. The highest BCUT2D eigenvalue weighted by Crippen LogP contribution is 2.25. The van der Waals surface area contributed by atoms with Gasteiger partial charge in [-0.05, 0) is 19.4 Å². The van der Waals surface area contributed by atoms with Crippen LogP contribution in [0.4, 0.5) is 4.39 Å². The van der Waals surface area contributed by atoms with Crippen molar-refractivity contribution in [1.82, 2.24) is 5.32 Å². The molecule has 0 spiro atoms. The van der Waals surface area contributed by atoms with Gasteiger partial charge in [0.15, 0.2) is 0 Å². The van der Waals surface area contributed by atoms with E-state index >= 15 is 0 Å². The third kappa shape index (κ3) is 3.44. The van der Waals surface area contributed by atoms with Crippen LogP contribution in [0.2, 0.25) is 5.02 Å². The maximum Gasteiger partial charge on any atom is 0.146 e. The molecule has 0 aliphatic heterocycles. The van der Waals surface area contributed by atoms with Crippen LogP contribution in [0.15, 0.2) is 18.2 Å². The number of aliphatic hydroxyl groups is 1. The van der Waals surface area contributed by atoms with Gasteiger partial charge < -0.3 is 10.4 Å². The Morgan fingerprint density at radius 2 is 2.19 bits per heavy atom. The van der Waals surface area contributed by atoms with E-state index in [2.05, 4.69) is 5.32 Å². The van der Waals surface area contributed by atoms with Gasteiger partial charge in [0.2, 0.25) is 0 Å². The fraction of sp³-hybridized carbons (Fsp3) is 0.500. The highest BCUT2D eigenvalue weighted by atomic mass is 35.5. The first kappa shape index (κ1) is 13.4. The van der Waals surface area contributed by atoms with Crippen molar-refractivity contribution in [3.8, 4) is 0 Å². The van der Waals surface area contributed by atoms with Crippen LogP contribution in [-0.2, 0) is 0 Å². The molecule has 1 aromatic rings. The van der Waals surface area contributed by atoms with Crippen molar-refractivity contribution in [1.29, 1.82) is 0 Å². The first-order valence-electron chi connectivity index (χ1n) is 5.41. The van der Waals surface area contributed by atoms with E-state index in [-0.39, 0.29) is 16.9 Å². The summed E-state index contributed by atoms with van der Waals surface area (Å²) in [4.78, 5) is 0. The van der Waals surface area contributed by atoms with Gasteiger partial charge in [-0.25, -0.2) is 4.39 Å². The van der Waals surface area contributed by atoms with Crippen molar-refractivity contribution >= 4 is 11.6 Å². The zero-order valence-electron chi connectivity index (χ0n) is 9.50. The number of benzene rings is 1. The lowest BCUT2D eigenvalue weighted by atomic mass is 10.0. The standard InChI is InChI=1S/C12H17ClFNO/c1-3-11(15-7-8(2)16)9-5-4-6-10(13)12(9)14/h4-6,8,11,15-16H,3,7H2,1-2H3/t8-,11+/m1/s1. The first-order valence-corrected chi connectivity index (χ1v) is 5.79. The minimum Gasteiger partial charge on any atom is -0.392 e. The number of aliphatic hydroxyl groups excluding tert-OH is 1. The lowest BCUT2D eigenvalue weighted by molar-refractivity contribution is 0.185. The predicted molar refractivity (Wildman–Crippen MR) is 64.1 cm³/mol. The first-order chi connectivity index (χ1) is 7.56. The molecule has 4 heteroatoms. The van der Waals surface area contributed by atoms with Gasteiger partial charge in [0.25, 0.3) is 0 Å². The molecule has 0 fully saturated rings. The molecule has 0 saturated carbocycles. The Kier molecular flexibility index (Phi) is 5.19. The third-order valence-electron chi connectivity index (χ3n) is 2.42. The molecule has 1 aromatic carbocycles. The monoisotopic (exact) mass is 245 g/mol. The zero-order chi connectivity index (χ0) is 12.1. The second kappa shape index (κ2) is 6.18. The molecule has 2 atom stereocenters. The van der Waals surface area contributed by atoms with Gasteiger partial charge in [-0.3, -0.25) is 0 Å². The molecule has 0 heterocycles. The van der Waals surface area contributed by atoms with E-state index < -0.39 is 6.10 Å². The number of hydrogen-bond acceptors (Lipinski definition) is 2. The van der Waals surface area contributed by atoms with E-state index in [0.717, 1.165) is 6.42 Å². The second-order valence-electron chi connectivity index (χ2n) is 3.86. The second-order valence-corrected chi connectivity index (χ2v) is 4.27. The number of halogens is 2. The van der Waals surface area contributed by atoms with Gasteiger partial charge in [-0.2, -0.15) is 0 Å². The molecule has 0 amide bonds. The summed E-state index contributed by atoms with van der Waals surface area (Å²) in [6.45, 7) is 4.08. The Labute approximate surface area is 100 Å². The summed E-state index contributed by atoms with van der Waals surface area (Å²) in [5.74, 6) is -0.380. The molecule has 0 aliphatic carbocycles. The van der Waals surface area contributed by atoms with Crippen LogP contribution < -0.4 is 5.32 Å². The summed E-state index contributed by atoms with van der Waals surface area (Å²) in [6.07, 6.45) is 0.292. The summed E-state index contributed by atoms with van der Waals surface area (Å²) >= 11 is 5.73. The van der Waals surface area contributed by atoms with Crippen LogP contribution in [0.3, 0.4) is 0 Å². The minimum absolute atomic E-state index is 0.117. The molecule has 0 aromatic heterocycles. The number of rotatable bonds is 5. The Balaban J connectivity index is 2.82. The van der Waals surface area contributed by atoms with E-state index in [1.54, 1.807) is 19.1 Å². The normalized spacial score (nSPS) is 14.8. The fourth-order valence-corrected chi connectivity index (χ4v) is 1.76. The lowest BCUT2D eigenvalue weighted by Gasteiger charge is -2.19. The van der Waals surface area contributed by atoms with Crippen molar-refractivity contribution in [3.63, 3.8) is 0 Å². The Morgan fingerprint density at radius 3 is 2.75 bits per heavy atom. The maximum atomic E-state index is 13.7. The van der Waals surface area contributed by atoms with Gasteiger partial charge in [-0.15, -0.1) is 0 Å². The van der Waals surface area contributed by atoms with E-state index in [1.165, 1.54) is 6.07 Å². The average molecular weight is 246 g/mol. The van der Waals surface area contributed by atoms with Crippen LogP contribution in [0.25, 0.3) is 0 Å². The van der Waals surface area contributed by atoms with E-state index in [4.69, 9.17) is 11.6 Å². The smallest absolute Gasteiger partial charge is 0.146 e. The average Bonchev–Trinajstić information content (AvgIpc) is 2.24. The van der Waals surface area contributed by atoms with Gasteiger partial charge in [0.1, 0.15) is 5.82 Å².